The van der Waals surface area contributed by atoms with Gasteiger partial charge in [-0.25, -0.2) is 4.79 Å². The Labute approximate surface area is 161 Å². The molecule has 2 aromatic heterocycles. The Morgan fingerprint density at radius 3 is 2.85 bits per heavy atom. The molecule has 0 spiro atoms. The highest BCUT2D eigenvalue weighted by Crippen LogP contribution is 2.37. The number of anilines is 1. The molecule has 0 aliphatic heterocycles. The van der Waals surface area contributed by atoms with Crippen LogP contribution in [0.2, 0.25) is 5.02 Å². The number of hydrogen-bond donors (Lipinski definition) is 1. The number of nitrogens with one attached hydrogen (secondary N) is 1. The number of halogens is 1. The maximum Gasteiger partial charge on any atom is 0.389 e. The largest absolute Gasteiger partial charge is 0.465 e. The fourth-order valence-electron chi connectivity index (χ4n) is 2.38. The number of ether oxygens (including phenoxy) is 1. The third kappa shape index (κ3) is 4.07. The Balaban J connectivity index is 1.67. The highest BCUT2D eigenvalue weighted by molar-refractivity contribution is 7.21. The minimum atomic E-state index is -0.597. The summed E-state index contributed by atoms with van der Waals surface area (Å²) in [6, 6.07) is 6.38. The molecule has 0 bridgehead atoms. The predicted octanol–water partition coefficient (Wildman–Crippen LogP) is 3.47. The molecule has 1 N–H and O–H groups in total. The summed E-state index contributed by atoms with van der Waals surface area (Å²) in [6.07, 6.45) is 1.54. The lowest BCUT2D eigenvalue weighted by atomic mass is 10.2. The lowest BCUT2D eigenvalue weighted by Crippen LogP contribution is -2.14. The summed E-state index contributed by atoms with van der Waals surface area (Å²) in [6.45, 7) is 0.208. The lowest BCUT2D eigenvalue weighted by Gasteiger charge is -2.04. The minimum absolute atomic E-state index is 0.0927. The summed E-state index contributed by atoms with van der Waals surface area (Å²) >= 11 is 7.37. The van der Waals surface area contributed by atoms with Crippen molar-refractivity contribution in [1.29, 1.82) is 0 Å². The van der Waals surface area contributed by atoms with E-state index in [-0.39, 0.29) is 24.7 Å². The smallest absolute Gasteiger partial charge is 0.389 e. The zero-order chi connectivity index (χ0) is 19.6. The molecule has 9 nitrogen and oxygen atoms in total. The number of aromatic nitrogens is 2. The van der Waals surface area contributed by atoms with Gasteiger partial charge in [0.05, 0.1) is 36.0 Å². The zero-order valence-electron chi connectivity index (χ0n) is 14.0. The van der Waals surface area contributed by atoms with Crippen LogP contribution in [0, 0.1) is 10.1 Å². The summed E-state index contributed by atoms with van der Waals surface area (Å²) < 4.78 is 6.77. The normalized spacial score (nSPS) is 10.7. The summed E-state index contributed by atoms with van der Waals surface area (Å²) in [5, 5.41) is 18.1. The van der Waals surface area contributed by atoms with Crippen LogP contribution in [-0.2, 0) is 16.1 Å². The first-order valence-corrected chi connectivity index (χ1v) is 8.86. The van der Waals surface area contributed by atoms with Gasteiger partial charge in [-0.15, -0.1) is 11.3 Å². The molecule has 0 aliphatic rings. The fourth-order valence-corrected chi connectivity index (χ4v) is 3.85. The number of benzene rings is 1. The van der Waals surface area contributed by atoms with E-state index in [0.717, 1.165) is 4.70 Å². The second-order valence-electron chi connectivity index (χ2n) is 5.44. The maximum atomic E-state index is 12.1. The molecule has 0 aliphatic carbocycles. The third-order valence-electron chi connectivity index (χ3n) is 3.67. The zero-order valence-corrected chi connectivity index (χ0v) is 15.5. The van der Waals surface area contributed by atoms with Crippen molar-refractivity contribution < 1.29 is 19.2 Å². The molecule has 0 unspecified atom stereocenters. The van der Waals surface area contributed by atoms with Gasteiger partial charge in [-0.3, -0.25) is 4.79 Å². The molecule has 2 heterocycles. The van der Waals surface area contributed by atoms with Gasteiger partial charge >= 0.3 is 11.8 Å². The van der Waals surface area contributed by atoms with Crippen molar-refractivity contribution >= 4 is 56.4 Å². The van der Waals surface area contributed by atoms with E-state index in [2.05, 4.69) is 10.4 Å². The molecular weight excluding hydrogens is 396 g/mol. The van der Waals surface area contributed by atoms with Crippen LogP contribution in [0.1, 0.15) is 16.1 Å². The Morgan fingerprint density at radius 2 is 2.19 bits per heavy atom. The Kier molecular flexibility index (Phi) is 5.38. The number of esters is 1. The molecule has 1 amide bonds. The number of amides is 1. The first kappa shape index (κ1) is 18.8. The molecule has 3 rings (SSSR count). The molecule has 1 aromatic carbocycles. The summed E-state index contributed by atoms with van der Waals surface area (Å²) in [5.41, 5.74) is 0.549. The maximum absolute atomic E-state index is 12.1. The third-order valence-corrected chi connectivity index (χ3v) is 5.30. The van der Waals surface area contributed by atoms with Gasteiger partial charge < -0.3 is 20.2 Å². The number of fused-ring (bicyclic) bond motifs is 1. The van der Waals surface area contributed by atoms with Gasteiger partial charge in [0.25, 0.3) is 0 Å². The second-order valence-corrected chi connectivity index (χ2v) is 6.87. The van der Waals surface area contributed by atoms with Gasteiger partial charge in [-0.1, -0.05) is 11.6 Å². The van der Waals surface area contributed by atoms with Crippen molar-refractivity contribution in [3.8, 4) is 0 Å². The van der Waals surface area contributed by atoms with Gasteiger partial charge in [-0.05, 0) is 23.1 Å². The van der Waals surface area contributed by atoms with Crippen LogP contribution in [0.3, 0.4) is 0 Å². The van der Waals surface area contributed by atoms with Crippen LogP contribution in [0.5, 0.6) is 0 Å². The van der Waals surface area contributed by atoms with Crippen molar-refractivity contribution in [2.45, 2.75) is 13.0 Å². The van der Waals surface area contributed by atoms with Crippen LogP contribution in [0.25, 0.3) is 10.1 Å². The van der Waals surface area contributed by atoms with E-state index in [4.69, 9.17) is 16.3 Å². The van der Waals surface area contributed by atoms with Gasteiger partial charge in [-0.2, -0.15) is 4.68 Å². The van der Waals surface area contributed by atoms with E-state index in [1.807, 2.05) is 0 Å². The summed E-state index contributed by atoms with van der Waals surface area (Å²) in [7, 11) is 1.28. The van der Waals surface area contributed by atoms with Gasteiger partial charge in [0.1, 0.15) is 4.88 Å². The monoisotopic (exact) mass is 408 g/mol. The number of methoxy groups -OCH3 is 1. The van der Waals surface area contributed by atoms with Gasteiger partial charge in [0, 0.05) is 22.2 Å². The number of nitro groups is 1. The molecule has 27 heavy (non-hydrogen) atoms. The molecule has 0 atom stereocenters. The topological polar surface area (TPSA) is 116 Å². The van der Waals surface area contributed by atoms with E-state index in [1.165, 1.54) is 35.4 Å². The number of carbonyl (C=O) groups excluding carboxylic acids is 2. The molecule has 11 heteroatoms. The predicted molar refractivity (Wildman–Crippen MR) is 100 cm³/mol. The Morgan fingerprint density at radius 1 is 1.41 bits per heavy atom. The van der Waals surface area contributed by atoms with E-state index in [9.17, 15) is 19.7 Å². The number of nitrogens with zero attached hydrogens (tertiary/aromatic N) is 3. The molecule has 0 radical (unpaired) electrons. The van der Waals surface area contributed by atoms with Crippen molar-refractivity contribution in [1.82, 2.24) is 9.78 Å². The number of aryl methyl sites for hydroxylation is 1. The van der Waals surface area contributed by atoms with Crippen LogP contribution in [0.4, 0.5) is 11.5 Å². The van der Waals surface area contributed by atoms with E-state index in [0.29, 0.717) is 21.0 Å². The average molecular weight is 409 g/mol. The second kappa shape index (κ2) is 7.72. The molecular formula is C16H13ClN4O5S. The standard InChI is InChI=1S/C16H13ClN4O5S/c1-26-16(23)15-14(17)10-3-2-9(8-11(10)27-15)18-13(22)5-7-20-6-4-12(19-20)21(24)25/h2-4,6,8H,5,7H2,1H3,(H,18,22). The van der Waals surface area contributed by atoms with E-state index < -0.39 is 10.9 Å². The Bertz CT molecular complexity index is 1040. The van der Waals surface area contributed by atoms with Crippen molar-refractivity contribution in [2.24, 2.45) is 0 Å². The molecule has 3 aromatic rings. The van der Waals surface area contributed by atoms with Crippen molar-refractivity contribution in [3.05, 3.63) is 50.5 Å². The Hall–Kier alpha value is -2.98. The highest BCUT2D eigenvalue weighted by atomic mass is 35.5. The number of thiophene rings is 1. The van der Waals surface area contributed by atoms with Gasteiger partial charge in [0.2, 0.25) is 5.91 Å². The number of carbonyl (C=O) groups is 2. The van der Waals surface area contributed by atoms with Crippen LogP contribution in [-0.4, -0.2) is 33.7 Å². The number of rotatable bonds is 6. The SMILES string of the molecule is COC(=O)c1sc2cc(NC(=O)CCn3ccc([N+](=O)[O-])n3)ccc2c1Cl. The highest BCUT2D eigenvalue weighted by Gasteiger charge is 2.18. The fraction of sp³-hybridized carbons (Fsp3) is 0.188. The van der Waals surface area contributed by atoms with E-state index in [1.54, 1.807) is 18.2 Å². The van der Waals surface area contributed by atoms with Crippen LogP contribution in [0.15, 0.2) is 30.5 Å². The first-order chi connectivity index (χ1) is 12.9. The molecule has 0 saturated heterocycles. The average Bonchev–Trinajstić information content (AvgIpc) is 3.24. The van der Waals surface area contributed by atoms with Crippen molar-refractivity contribution in [3.63, 3.8) is 0 Å². The number of hydrogen-bond acceptors (Lipinski definition) is 7. The quantitative estimate of drug-likeness (QED) is 0.379. The minimum Gasteiger partial charge on any atom is -0.465 e. The molecule has 140 valence electrons. The lowest BCUT2D eigenvalue weighted by molar-refractivity contribution is -0.389. The van der Waals surface area contributed by atoms with Gasteiger partial charge in [0.15, 0.2) is 0 Å². The van der Waals surface area contributed by atoms with Crippen LogP contribution >= 0.6 is 22.9 Å². The first-order valence-electron chi connectivity index (χ1n) is 7.67. The molecule has 0 fully saturated rings. The van der Waals surface area contributed by atoms with E-state index >= 15 is 0 Å². The summed E-state index contributed by atoms with van der Waals surface area (Å²) in [5.74, 6) is -1.06. The summed E-state index contributed by atoms with van der Waals surface area (Å²) in [4.78, 5) is 34.1. The van der Waals surface area contributed by atoms with Crippen LogP contribution < -0.4 is 5.32 Å². The molecule has 0 saturated carbocycles. The van der Waals surface area contributed by atoms with Crippen molar-refractivity contribution in [2.75, 3.05) is 12.4 Å².